The molecule has 0 spiro atoms. The second-order valence-corrected chi connectivity index (χ2v) is 5.21. The fourth-order valence-corrected chi connectivity index (χ4v) is 2.72. The van der Waals surface area contributed by atoms with Crippen LogP contribution in [-0.2, 0) is 4.79 Å². The van der Waals surface area contributed by atoms with Crippen LogP contribution in [0.15, 0.2) is 35.7 Å². The van der Waals surface area contributed by atoms with Gasteiger partial charge in [-0.05, 0) is 29.1 Å². The van der Waals surface area contributed by atoms with E-state index in [9.17, 15) is 14.0 Å². The minimum atomic E-state index is -0.569. The first kappa shape index (κ1) is 14.2. The van der Waals surface area contributed by atoms with Crippen molar-refractivity contribution < 1.29 is 14.0 Å². The minimum absolute atomic E-state index is 0.139. The molecule has 0 saturated carbocycles. The zero-order valence-corrected chi connectivity index (χ0v) is 11.6. The highest BCUT2D eigenvalue weighted by molar-refractivity contribution is 7.12. The van der Waals surface area contributed by atoms with E-state index in [1.165, 1.54) is 35.4 Å². The van der Waals surface area contributed by atoms with Gasteiger partial charge in [0.2, 0.25) is 5.91 Å². The molecule has 0 saturated heterocycles. The number of rotatable bonds is 4. The molecule has 4 nitrogen and oxygen atoms in total. The molecule has 0 unspecified atom stereocenters. The van der Waals surface area contributed by atoms with E-state index in [4.69, 9.17) is 5.73 Å². The Morgan fingerprint density at radius 2 is 1.90 bits per heavy atom. The SMILES string of the molecule is CN(CC(N)=O)C(=O)c1sccc1-c1ccc(F)cc1. The van der Waals surface area contributed by atoms with E-state index in [1.807, 2.05) is 0 Å². The smallest absolute Gasteiger partial charge is 0.264 e. The lowest BCUT2D eigenvalue weighted by atomic mass is 10.1. The van der Waals surface area contributed by atoms with Crippen LogP contribution < -0.4 is 5.73 Å². The van der Waals surface area contributed by atoms with Gasteiger partial charge in [-0.15, -0.1) is 11.3 Å². The van der Waals surface area contributed by atoms with E-state index in [0.717, 1.165) is 11.1 Å². The Kier molecular flexibility index (Phi) is 4.14. The summed E-state index contributed by atoms with van der Waals surface area (Å²) in [7, 11) is 1.52. The maximum absolute atomic E-state index is 12.9. The second-order valence-electron chi connectivity index (χ2n) is 4.30. The number of hydrogen-bond acceptors (Lipinski definition) is 3. The van der Waals surface area contributed by atoms with Gasteiger partial charge in [0.1, 0.15) is 5.82 Å². The normalized spacial score (nSPS) is 10.3. The van der Waals surface area contributed by atoms with Crippen LogP contribution in [0.25, 0.3) is 11.1 Å². The van der Waals surface area contributed by atoms with Crippen LogP contribution in [0.2, 0.25) is 0 Å². The van der Waals surface area contributed by atoms with E-state index in [-0.39, 0.29) is 18.3 Å². The zero-order chi connectivity index (χ0) is 14.7. The van der Waals surface area contributed by atoms with E-state index in [0.29, 0.717) is 4.88 Å². The first-order valence-corrected chi connectivity index (χ1v) is 6.74. The number of thiophene rings is 1. The number of carbonyl (C=O) groups is 2. The number of hydrogen-bond donors (Lipinski definition) is 1. The highest BCUT2D eigenvalue weighted by Crippen LogP contribution is 2.29. The van der Waals surface area contributed by atoms with Crippen molar-refractivity contribution in [3.63, 3.8) is 0 Å². The molecule has 104 valence electrons. The third-order valence-electron chi connectivity index (χ3n) is 2.75. The molecule has 0 fully saturated rings. The summed E-state index contributed by atoms with van der Waals surface area (Å²) >= 11 is 1.28. The van der Waals surface area contributed by atoms with Crippen molar-refractivity contribution in [3.8, 4) is 11.1 Å². The van der Waals surface area contributed by atoms with Gasteiger partial charge < -0.3 is 10.6 Å². The second kappa shape index (κ2) is 5.83. The highest BCUT2D eigenvalue weighted by atomic mass is 32.1. The lowest BCUT2D eigenvalue weighted by Gasteiger charge is -2.15. The van der Waals surface area contributed by atoms with Gasteiger partial charge in [-0.1, -0.05) is 12.1 Å². The fraction of sp³-hybridized carbons (Fsp3) is 0.143. The van der Waals surface area contributed by atoms with Crippen molar-refractivity contribution >= 4 is 23.2 Å². The van der Waals surface area contributed by atoms with Gasteiger partial charge in [-0.3, -0.25) is 9.59 Å². The number of nitrogens with two attached hydrogens (primary N) is 1. The van der Waals surface area contributed by atoms with Crippen LogP contribution in [0, 0.1) is 5.82 Å². The highest BCUT2D eigenvalue weighted by Gasteiger charge is 2.19. The third kappa shape index (κ3) is 3.03. The van der Waals surface area contributed by atoms with Crippen molar-refractivity contribution in [1.29, 1.82) is 0 Å². The number of likely N-dealkylation sites (N-methyl/N-ethyl adjacent to an activating group) is 1. The predicted octanol–water partition coefficient (Wildman–Crippen LogP) is 2.11. The van der Waals surface area contributed by atoms with Crippen LogP contribution in [0.4, 0.5) is 4.39 Å². The average molecular weight is 292 g/mol. The molecule has 2 amide bonds. The van der Waals surface area contributed by atoms with E-state index in [2.05, 4.69) is 0 Å². The first-order chi connectivity index (χ1) is 9.49. The molecule has 0 aliphatic heterocycles. The lowest BCUT2D eigenvalue weighted by molar-refractivity contribution is -0.118. The fourth-order valence-electron chi connectivity index (χ4n) is 1.81. The van der Waals surface area contributed by atoms with Crippen LogP contribution in [0.1, 0.15) is 9.67 Å². The van der Waals surface area contributed by atoms with Crippen LogP contribution in [0.3, 0.4) is 0 Å². The molecule has 2 rings (SSSR count). The number of nitrogens with zero attached hydrogens (tertiary/aromatic N) is 1. The van der Waals surface area contributed by atoms with E-state index in [1.54, 1.807) is 23.6 Å². The molecular formula is C14H13FN2O2S. The molecule has 0 atom stereocenters. The van der Waals surface area contributed by atoms with Gasteiger partial charge in [-0.2, -0.15) is 0 Å². The first-order valence-electron chi connectivity index (χ1n) is 5.86. The molecule has 0 radical (unpaired) electrons. The number of benzene rings is 1. The maximum atomic E-state index is 12.9. The number of halogens is 1. The molecule has 2 aromatic rings. The molecule has 1 aromatic carbocycles. The summed E-state index contributed by atoms with van der Waals surface area (Å²) in [4.78, 5) is 24.9. The van der Waals surface area contributed by atoms with E-state index < -0.39 is 5.91 Å². The Balaban J connectivity index is 2.31. The maximum Gasteiger partial charge on any atom is 0.264 e. The molecule has 0 aliphatic rings. The van der Waals surface area contributed by atoms with Crippen molar-refractivity contribution in [1.82, 2.24) is 4.90 Å². The summed E-state index contributed by atoms with van der Waals surface area (Å²) in [5.74, 6) is -1.18. The average Bonchev–Trinajstić information content (AvgIpc) is 2.87. The van der Waals surface area contributed by atoms with Crippen molar-refractivity contribution in [2.45, 2.75) is 0 Å². The molecular weight excluding hydrogens is 279 g/mol. The summed E-state index contributed by atoms with van der Waals surface area (Å²) in [6.45, 7) is -0.139. The van der Waals surface area contributed by atoms with Crippen molar-refractivity contribution in [2.75, 3.05) is 13.6 Å². The molecule has 6 heteroatoms. The van der Waals surface area contributed by atoms with Crippen molar-refractivity contribution in [3.05, 3.63) is 46.4 Å². The molecule has 2 N–H and O–H groups in total. The standard InChI is InChI=1S/C14H13FN2O2S/c1-17(8-12(16)18)14(19)13-11(6-7-20-13)9-2-4-10(15)5-3-9/h2-7H,8H2,1H3,(H2,16,18). The molecule has 0 bridgehead atoms. The van der Waals surface area contributed by atoms with Crippen LogP contribution in [0.5, 0.6) is 0 Å². The number of carbonyl (C=O) groups excluding carboxylic acids is 2. The van der Waals surface area contributed by atoms with Gasteiger partial charge in [-0.25, -0.2) is 4.39 Å². The molecule has 1 aromatic heterocycles. The minimum Gasteiger partial charge on any atom is -0.368 e. The summed E-state index contributed by atoms with van der Waals surface area (Å²) in [6.07, 6.45) is 0. The Bertz CT molecular complexity index is 637. The van der Waals surface area contributed by atoms with Gasteiger partial charge in [0.25, 0.3) is 5.91 Å². The molecule has 0 aliphatic carbocycles. The summed E-state index contributed by atoms with van der Waals surface area (Å²) in [5, 5.41) is 1.78. The van der Waals surface area contributed by atoms with Gasteiger partial charge in [0, 0.05) is 12.6 Å². The third-order valence-corrected chi connectivity index (χ3v) is 3.66. The largest absolute Gasteiger partial charge is 0.368 e. The van der Waals surface area contributed by atoms with E-state index >= 15 is 0 Å². The predicted molar refractivity (Wildman–Crippen MR) is 75.9 cm³/mol. The number of primary amides is 1. The van der Waals surface area contributed by atoms with Crippen LogP contribution >= 0.6 is 11.3 Å². The Morgan fingerprint density at radius 1 is 1.25 bits per heavy atom. The van der Waals surface area contributed by atoms with Crippen molar-refractivity contribution in [2.24, 2.45) is 5.73 Å². The van der Waals surface area contributed by atoms with Gasteiger partial charge in [0.15, 0.2) is 0 Å². The van der Waals surface area contributed by atoms with Gasteiger partial charge in [0.05, 0.1) is 11.4 Å². The molecule has 1 heterocycles. The monoisotopic (exact) mass is 292 g/mol. The Labute approximate surface area is 119 Å². The van der Waals surface area contributed by atoms with Gasteiger partial charge >= 0.3 is 0 Å². The summed E-state index contributed by atoms with van der Waals surface area (Å²) < 4.78 is 12.9. The number of amides is 2. The van der Waals surface area contributed by atoms with Crippen LogP contribution in [-0.4, -0.2) is 30.3 Å². The lowest BCUT2D eigenvalue weighted by Crippen LogP contribution is -2.35. The quantitative estimate of drug-likeness (QED) is 0.938. The molecule has 20 heavy (non-hydrogen) atoms. The topological polar surface area (TPSA) is 63.4 Å². The summed E-state index contributed by atoms with van der Waals surface area (Å²) in [5.41, 5.74) is 6.55. The zero-order valence-electron chi connectivity index (χ0n) is 10.8. The summed E-state index contributed by atoms with van der Waals surface area (Å²) in [6, 6.07) is 7.70. The Morgan fingerprint density at radius 3 is 2.50 bits per heavy atom. The Hall–Kier alpha value is -2.21.